The summed E-state index contributed by atoms with van der Waals surface area (Å²) in [6, 6.07) is 0. The highest BCUT2D eigenvalue weighted by Crippen LogP contribution is 2.11. The summed E-state index contributed by atoms with van der Waals surface area (Å²) in [6.45, 7) is 5.17. The molecule has 0 bridgehead atoms. The van der Waals surface area contributed by atoms with E-state index in [4.69, 9.17) is 9.47 Å². The highest BCUT2D eigenvalue weighted by Gasteiger charge is 2.20. The molecule has 2 fully saturated rings. The number of rotatable bonds is 6. The Balaban J connectivity index is 0.000000263. The lowest BCUT2D eigenvalue weighted by molar-refractivity contribution is -0.153. The molecule has 26 heavy (non-hydrogen) atoms. The van der Waals surface area contributed by atoms with Crippen molar-refractivity contribution in [1.29, 1.82) is 0 Å². The SMILES string of the molecule is CCC(=O)OCN1CCCC1=O.CCC(=O)OCN1CCCCCC1=O. The standard InChI is InChI=1S/C10H17NO3.C8H13NO3/c1-2-10(13)14-8-11-7-5-3-4-6-9(11)12;1-2-8(11)12-6-9-5-3-4-7(9)10/h2-8H2,1H3;2-6H2,1H3. The van der Waals surface area contributed by atoms with Crippen molar-refractivity contribution >= 4 is 23.8 Å². The molecule has 0 N–H and O–H groups in total. The number of nitrogens with zero attached hydrogens (tertiary/aromatic N) is 2. The molecular formula is C18H30N2O6. The third-order valence-corrected chi connectivity index (χ3v) is 4.18. The molecule has 148 valence electrons. The van der Waals surface area contributed by atoms with Gasteiger partial charge in [0.05, 0.1) is 0 Å². The van der Waals surface area contributed by atoms with E-state index in [1.807, 2.05) is 0 Å². The first kappa shape index (κ1) is 21.9. The number of carbonyl (C=O) groups excluding carboxylic acids is 4. The quantitative estimate of drug-likeness (QED) is 0.662. The van der Waals surface area contributed by atoms with Gasteiger partial charge >= 0.3 is 11.9 Å². The van der Waals surface area contributed by atoms with Crippen LogP contribution in [0.5, 0.6) is 0 Å². The maximum Gasteiger partial charge on any atom is 0.307 e. The molecule has 2 aliphatic heterocycles. The number of amides is 2. The lowest BCUT2D eigenvalue weighted by atomic mass is 10.2. The van der Waals surface area contributed by atoms with Crippen molar-refractivity contribution in [3.8, 4) is 0 Å². The largest absolute Gasteiger partial charge is 0.444 e. The van der Waals surface area contributed by atoms with Crippen molar-refractivity contribution in [3.05, 3.63) is 0 Å². The summed E-state index contributed by atoms with van der Waals surface area (Å²) in [5.41, 5.74) is 0. The first-order valence-corrected chi connectivity index (χ1v) is 9.34. The summed E-state index contributed by atoms with van der Waals surface area (Å²) in [5.74, 6) is -0.318. The molecule has 0 aromatic rings. The van der Waals surface area contributed by atoms with Crippen molar-refractivity contribution in [2.45, 2.75) is 65.2 Å². The van der Waals surface area contributed by atoms with Crippen molar-refractivity contribution in [1.82, 2.24) is 9.80 Å². The maximum atomic E-state index is 11.4. The van der Waals surface area contributed by atoms with Crippen molar-refractivity contribution in [3.63, 3.8) is 0 Å². The molecule has 0 radical (unpaired) electrons. The molecule has 0 unspecified atom stereocenters. The second kappa shape index (κ2) is 12.3. The topological polar surface area (TPSA) is 93.2 Å². The van der Waals surface area contributed by atoms with E-state index in [1.54, 1.807) is 23.6 Å². The second-order valence-corrected chi connectivity index (χ2v) is 6.23. The summed E-state index contributed by atoms with van der Waals surface area (Å²) < 4.78 is 9.73. The monoisotopic (exact) mass is 370 g/mol. The average molecular weight is 370 g/mol. The molecule has 8 heteroatoms. The minimum atomic E-state index is -0.255. The molecule has 2 aliphatic rings. The van der Waals surface area contributed by atoms with E-state index in [2.05, 4.69) is 0 Å². The van der Waals surface area contributed by atoms with Crippen LogP contribution in [0.4, 0.5) is 0 Å². The van der Waals surface area contributed by atoms with Crippen LogP contribution < -0.4 is 0 Å². The fourth-order valence-electron chi connectivity index (χ4n) is 2.52. The van der Waals surface area contributed by atoms with Crippen LogP contribution in [0.3, 0.4) is 0 Å². The van der Waals surface area contributed by atoms with Gasteiger partial charge in [-0.05, 0) is 19.3 Å². The predicted octanol–water partition coefficient (Wildman–Crippen LogP) is 1.82. The Bertz CT molecular complexity index is 494. The Labute approximate surface area is 154 Å². The molecule has 2 heterocycles. The first-order chi connectivity index (χ1) is 12.5. The highest BCUT2D eigenvalue weighted by atomic mass is 16.5. The van der Waals surface area contributed by atoms with Gasteiger partial charge in [-0.15, -0.1) is 0 Å². The number of hydrogen-bond donors (Lipinski definition) is 0. The summed E-state index contributed by atoms with van der Waals surface area (Å²) >= 11 is 0. The Morgan fingerprint density at radius 1 is 0.769 bits per heavy atom. The molecule has 0 saturated carbocycles. The third-order valence-electron chi connectivity index (χ3n) is 4.18. The molecule has 0 aliphatic carbocycles. The van der Waals surface area contributed by atoms with Crippen molar-refractivity contribution in [2.75, 3.05) is 26.6 Å². The van der Waals surface area contributed by atoms with Crippen LogP contribution >= 0.6 is 0 Å². The van der Waals surface area contributed by atoms with Crippen LogP contribution in [0.15, 0.2) is 0 Å². The Morgan fingerprint density at radius 3 is 1.69 bits per heavy atom. The molecule has 0 aromatic carbocycles. The third kappa shape index (κ3) is 8.31. The molecule has 0 aromatic heterocycles. The van der Waals surface area contributed by atoms with Gasteiger partial charge in [-0.2, -0.15) is 0 Å². The zero-order valence-corrected chi connectivity index (χ0v) is 15.8. The van der Waals surface area contributed by atoms with Crippen molar-refractivity contribution in [2.24, 2.45) is 0 Å². The zero-order chi connectivity index (χ0) is 19.4. The van der Waals surface area contributed by atoms with Crippen LogP contribution in [0, 0.1) is 0 Å². The van der Waals surface area contributed by atoms with E-state index in [0.717, 1.165) is 38.8 Å². The van der Waals surface area contributed by atoms with Crippen molar-refractivity contribution < 1.29 is 28.7 Å². The number of ether oxygens (including phenoxy) is 2. The van der Waals surface area contributed by atoms with Gasteiger partial charge in [0, 0.05) is 38.8 Å². The molecule has 2 amide bonds. The minimum Gasteiger partial charge on any atom is -0.444 e. The van der Waals surface area contributed by atoms with Crippen LogP contribution in [0.25, 0.3) is 0 Å². The smallest absolute Gasteiger partial charge is 0.307 e. The summed E-state index contributed by atoms with van der Waals surface area (Å²) in [7, 11) is 0. The molecule has 2 rings (SSSR count). The molecule has 0 atom stereocenters. The van der Waals surface area contributed by atoms with Crippen LogP contribution in [0.1, 0.15) is 65.2 Å². The van der Waals surface area contributed by atoms with E-state index in [1.165, 1.54) is 0 Å². The molecule has 2 saturated heterocycles. The normalized spacial score (nSPS) is 17.3. The summed E-state index contributed by atoms with van der Waals surface area (Å²) in [4.78, 5) is 47.3. The fraction of sp³-hybridized carbons (Fsp3) is 0.778. The molecular weight excluding hydrogens is 340 g/mol. The van der Waals surface area contributed by atoms with Gasteiger partial charge in [0.1, 0.15) is 0 Å². The number of likely N-dealkylation sites (tertiary alicyclic amines) is 2. The minimum absolute atomic E-state index is 0.0823. The Hall–Kier alpha value is -2.12. The van der Waals surface area contributed by atoms with Gasteiger partial charge in [0.25, 0.3) is 0 Å². The van der Waals surface area contributed by atoms with Gasteiger partial charge in [0.15, 0.2) is 13.5 Å². The summed E-state index contributed by atoms with van der Waals surface area (Å²) in [6.07, 6.45) is 5.83. The first-order valence-electron chi connectivity index (χ1n) is 9.34. The number of carbonyl (C=O) groups is 4. The Kier molecular flexibility index (Phi) is 10.3. The van der Waals surface area contributed by atoms with E-state index >= 15 is 0 Å². The molecule has 0 spiro atoms. The van der Waals surface area contributed by atoms with Gasteiger partial charge in [-0.25, -0.2) is 0 Å². The number of hydrogen-bond acceptors (Lipinski definition) is 6. The van der Waals surface area contributed by atoms with Gasteiger partial charge < -0.3 is 19.3 Å². The van der Waals surface area contributed by atoms with E-state index < -0.39 is 0 Å². The maximum absolute atomic E-state index is 11.4. The number of esters is 2. The Morgan fingerprint density at radius 2 is 1.23 bits per heavy atom. The average Bonchev–Trinajstić information content (AvgIpc) is 2.94. The second-order valence-electron chi connectivity index (χ2n) is 6.23. The lowest BCUT2D eigenvalue weighted by Crippen LogP contribution is -2.33. The highest BCUT2D eigenvalue weighted by molar-refractivity contribution is 5.78. The summed E-state index contributed by atoms with van der Waals surface area (Å²) in [5, 5.41) is 0. The molecule has 8 nitrogen and oxygen atoms in total. The fourth-order valence-corrected chi connectivity index (χ4v) is 2.52. The van der Waals surface area contributed by atoms with Crippen LogP contribution in [0.2, 0.25) is 0 Å². The van der Waals surface area contributed by atoms with E-state index in [9.17, 15) is 19.2 Å². The van der Waals surface area contributed by atoms with Crippen LogP contribution in [-0.4, -0.2) is 60.1 Å². The lowest BCUT2D eigenvalue weighted by Gasteiger charge is -2.19. The van der Waals surface area contributed by atoms with Gasteiger partial charge in [-0.3, -0.25) is 19.2 Å². The van der Waals surface area contributed by atoms with E-state index in [0.29, 0.717) is 25.7 Å². The predicted molar refractivity (Wildman–Crippen MR) is 93.6 cm³/mol. The van der Waals surface area contributed by atoms with Gasteiger partial charge in [0.2, 0.25) is 11.8 Å². The zero-order valence-electron chi connectivity index (χ0n) is 15.8. The van der Waals surface area contributed by atoms with E-state index in [-0.39, 0.29) is 37.2 Å². The van der Waals surface area contributed by atoms with Crippen LogP contribution in [-0.2, 0) is 28.7 Å². The van der Waals surface area contributed by atoms with Gasteiger partial charge in [-0.1, -0.05) is 20.3 Å².